The first kappa shape index (κ1) is 19.2. The van der Waals surface area contributed by atoms with Gasteiger partial charge in [0.25, 0.3) is 0 Å². The van der Waals surface area contributed by atoms with Gasteiger partial charge in [0.05, 0.1) is 12.7 Å². The Morgan fingerprint density at radius 1 is 1.11 bits per heavy atom. The van der Waals surface area contributed by atoms with Gasteiger partial charge in [-0.05, 0) is 20.3 Å². The summed E-state index contributed by atoms with van der Waals surface area (Å²) in [5.74, 6) is -1.26. The van der Waals surface area contributed by atoms with Gasteiger partial charge in [0.2, 0.25) is 5.43 Å². The molecule has 0 bridgehead atoms. The number of rotatable bonds is 4. The second-order valence-corrected chi connectivity index (χ2v) is 6.60. The van der Waals surface area contributed by atoms with Crippen LogP contribution in [0, 0.1) is 0 Å². The molecule has 0 atom stereocenters. The highest BCUT2D eigenvalue weighted by Gasteiger charge is 2.23. The number of phenolic OH excluding ortho intramolecular Hbond substituents is 4. The van der Waals surface area contributed by atoms with E-state index in [9.17, 15) is 25.2 Å². The van der Waals surface area contributed by atoms with Crippen molar-refractivity contribution in [1.29, 1.82) is 0 Å². The van der Waals surface area contributed by atoms with Crippen LogP contribution in [0.15, 0.2) is 45.3 Å². The maximum atomic E-state index is 13.1. The van der Waals surface area contributed by atoms with Crippen molar-refractivity contribution >= 4 is 11.0 Å². The lowest BCUT2D eigenvalue weighted by molar-refractivity contribution is 0.384. The van der Waals surface area contributed by atoms with E-state index < -0.39 is 11.2 Å². The van der Waals surface area contributed by atoms with Gasteiger partial charge in [0.1, 0.15) is 34.5 Å². The topological polar surface area (TPSA) is 120 Å². The van der Waals surface area contributed by atoms with Crippen molar-refractivity contribution in [2.45, 2.75) is 20.3 Å². The molecule has 0 spiro atoms. The second kappa shape index (κ2) is 7.19. The molecule has 7 nitrogen and oxygen atoms in total. The average molecular weight is 384 g/mol. The number of methoxy groups -OCH3 is 1. The molecule has 2 aromatic carbocycles. The van der Waals surface area contributed by atoms with E-state index in [2.05, 4.69) is 0 Å². The molecule has 0 amide bonds. The molecule has 1 heterocycles. The number of fused-ring (bicyclic) bond motifs is 1. The summed E-state index contributed by atoms with van der Waals surface area (Å²) in [7, 11) is 1.37. The van der Waals surface area contributed by atoms with E-state index in [-0.39, 0.29) is 57.1 Å². The van der Waals surface area contributed by atoms with Crippen LogP contribution in [0.3, 0.4) is 0 Å². The van der Waals surface area contributed by atoms with Crippen molar-refractivity contribution in [3.63, 3.8) is 0 Å². The summed E-state index contributed by atoms with van der Waals surface area (Å²) < 4.78 is 10.8. The Morgan fingerprint density at radius 2 is 1.82 bits per heavy atom. The lowest BCUT2D eigenvalue weighted by Crippen LogP contribution is -2.08. The Hall–Kier alpha value is -3.61. The van der Waals surface area contributed by atoms with Crippen LogP contribution >= 0.6 is 0 Å². The Labute approximate surface area is 160 Å². The van der Waals surface area contributed by atoms with Crippen LogP contribution in [0.25, 0.3) is 22.1 Å². The fraction of sp³-hybridized carbons (Fsp3) is 0.190. The zero-order valence-corrected chi connectivity index (χ0v) is 15.6. The van der Waals surface area contributed by atoms with Crippen LogP contribution in [0.5, 0.6) is 28.7 Å². The number of phenols is 4. The number of hydrogen-bond donors (Lipinski definition) is 4. The standard InChI is InChI=1S/C21H20O7/c1-10(2)4-5-12-18(16(27-3)8-15(24)20(12)25)13-9-28-17-7-11(22)6-14(23)19(17)21(13)26/h4,6-9,22-25H,5H2,1-3H3. The third-order valence-electron chi connectivity index (χ3n) is 4.39. The van der Waals surface area contributed by atoms with Gasteiger partial charge in [-0.25, -0.2) is 0 Å². The minimum atomic E-state index is -0.569. The Balaban J connectivity index is 2.40. The zero-order valence-electron chi connectivity index (χ0n) is 15.6. The van der Waals surface area contributed by atoms with E-state index in [0.29, 0.717) is 0 Å². The van der Waals surface area contributed by atoms with Crippen molar-refractivity contribution in [3.8, 4) is 39.9 Å². The molecule has 3 rings (SSSR count). The summed E-state index contributed by atoms with van der Waals surface area (Å²) in [6.07, 6.45) is 3.23. The van der Waals surface area contributed by atoms with Crippen molar-refractivity contribution in [2.75, 3.05) is 7.11 Å². The molecule has 0 aliphatic rings. The molecule has 7 heteroatoms. The number of hydrogen-bond acceptors (Lipinski definition) is 7. The van der Waals surface area contributed by atoms with Crippen LogP contribution in [0.2, 0.25) is 0 Å². The molecule has 146 valence electrons. The lowest BCUT2D eigenvalue weighted by atomic mass is 9.94. The Kier molecular flexibility index (Phi) is 4.92. The first-order chi connectivity index (χ1) is 13.2. The highest BCUT2D eigenvalue weighted by Crippen LogP contribution is 2.44. The van der Waals surface area contributed by atoms with Gasteiger partial charge in [-0.1, -0.05) is 11.6 Å². The second-order valence-electron chi connectivity index (χ2n) is 6.60. The van der Waals surface area contributed by atoms with Gasteiger partial charge in [0.15, 0.2) is 11.5 Å². The first-order valence-electron chi connectivity index (χ1n) is 8.47. The minimum Gasteiger partial charge on any atom is -0.508 e. The van der Waals surface area contributed by atoms with Crippen LogP contribution < -0.4 is 10.2 Å². The smallest absolute Gasteiger partial charge is 0.204 e. The monoisotopic (exact) mass is 384 g/mol. The number of ether oxygens (including phenoxy) is 1. The fourth-order valence-electron chi connectivity index (χ4n) is 3.04. The molecule has 0 saturated heterocycles. The summed E-state index contributed by atoms with van der Waals surface area (Å²) in [6, 6.07) is 3.46. The number of aromatic hydroxyl groups is 4. The molecule has 3 aromatic rings. The SMILES string of the molecule is COc1cc(O)c(O)c(CC=C(C)C)c1-c1coc2cc(O)cc(O)c2c1=O. The van der Waals surface area contributed by atoms with Crippen molar-refractivity contribution < 1.29 is 29.6 Å². The van der Waals surface area contributed by atoms with Gasteiger partial charge in [-0.15, -0.1) is 0 Å². The van der Waals surface area contributed by atoms with E-state index in [1.54, 1.807) is 0 Å². The summed E-state index contributed by atoms with van der Waals surface area (Å²) in [5, 5.41) is 40.1. The molecule has 0 aliphatic carbocycles. The summed E-state index contributed by atoms with van der Waals surface area (Å²) >= 11 is 0. The predicted octanol–water partition coefficient (Wildman–Crippen LogP) is 3.80. The van der Waals surface area contributed by atoms with Gasteiger partial charge in [-0.2, -0.15) is 0 Å². The summed E-state index contributed by atoms with van der Waals surface area (Å²) in [4.78, 5) is 13.1. The van der Waals surface area contributed by atoms with E-state index in [4.69, 9.17) is 9.15 Å². The molecule has 0 unspecified atom stereocenters. The molecule has 4 N–H and O–H groups in total. The quantitative estimate of drug-likeness (QED) is 0.399. The average Bonchev–Trinajstić information content (AvgIpc) is 2.62. The molecule has 0 saturated carbocycles. The van der Waals surface area contributed by atoms with Crippen LogP contribution in [0.1, 0.15) is 19.4 Å². The zero-order chi connectivity index (χ0) is 20.6. The van der Waals surface area contributed by atoms with Crippen LogP contribution in [-0.4, -0.2) is 27.5 Å². The summed E-state index contributed by atoms with van der Waals surface area (Å²) in [5.41, 5.74) is 0.991. The highest BCUT2D eigenvalue weighted by atomic mass is 16.5. The molecular weight excluding hydrogens is 364 g/mol. The highest BCUT2D eigenvalue weighted by molar-refractivity contribution is 5.90. The van der Waals surface area contributed by atoms with E-state index in [1.807, 2.05) is 19.9 Å². The third-order valence-corrected chi connectivity index (χ3v) is 4.39. The van der Waals surface area contributed by atoms with Gasteiger partial charge in [0, 0.05) is 29.3 Å². The number of allylic oxidation sites excluding steroid dienone is 2. The van der Waals surface area contributed by atoms with E-state index in [0.717, 1.165) is 11.6 Å². The predicted molar refractivity (Wildman–Crippen MR) is 104 cm³/mol. The molecular formula is C21H20O7. The van der Waals surface area contributed by atoms with Crippen LogP contribution in [-0.2, 0) is 6.42 Å². The summed E-state index contributed by atoms with van der Waals surface area (Å²) in [6.45, 7) is 3.76. The molecule has 1 aromatic heterocycles. The van der Waals surface area contributed by atoms with Crippen molar-refractivity contribution in [2.24, 2.45) is 0 Å². The normalized spacial score (nSPS) is 10.8. The maximum Gasteiger partial charge on any atom is 0.204 e. The van der Waals surface area contributed by atoms with Gasteiger partial charge < -0.3 is 29.6 Å². The van der Waals surface area contributed by atoms with Gasteiger partial charge >= 0.3 is 0 Å². The van der Waals surface area contributed by atoms with Crippen LogP contribution in [0.4, 0.5) is 0 Å². The maximum absolute atomic E-state index is 13.1. The molecule has 28 heavy (non-hydrogen) atoms. The first-order valence-corrected chi connectivity index (χ1v) is 8.47. The third kappa shape index (κ3) is 3.22. The number of benzene rings is 2. The van der Waals surface area contributed by atoms with Gasteiger partial charge in [-0.3, -0.25) is 4.79 Å². The fourth-order valence-corrected chi connectivity index (χ4v) is 3.04. The Morgan fingerprint density at radius 3 is 2.46 bits per heavy atom. The lowest BCUT2D eigenvalue weighted by Gasteiger charge is -2.16. The van der Waals surface area contributed by atoms with E-state index in [1.165, 1.54) is 25.5 Å². The molecule has 0 radical (unpaired) electrons. The molecule has 0 aliphatic heterocycles. The molecule has 0 fully saturated rings. The minimum absolute atomic E-state index is 0.0130. The largest absolute Gasteiger partial charge is 0.508 e. The van der Waals surface area contributed by atoms with Crippen molar-refractivity contribution in [1.82, 2.24) is 0 Å². The Bertz CT molecular complexity index is 1150. The van der Waals surface area contributed by atoms with E-state index >= 15 is 0 Å². The van der Waals surface area contributed by atoms with Crippen molar-refractivity contribution in [3.05, 3.63) is 51.9 Å².